The van der Waals surface area contributed by atoms with Gasteiger partial charge >= 0.3 is 0 Å². The Morgan fingerprint density at radius 2 is 1.91 bits per heavy atom. The summed E-state index contributed by atoms with van der Waals surface area (Å²) in [4.78, 5) is 22.9. The van der Waals surface area contributed by atoms with Gasteiger partial charge in [0.1, 0.15) is 9.93 Å². The summed E-state index contributed by atoms with van der Waals surface area (Å²) in [7, 11) is -2.39. The second kappa shape index (κ2) is 10.0. The van der Waals surface area contributed by atoms with Crippen LogP contribution in [0, 0.1) is 0 Å². The van der Waals surface area contributed by atoms with Gasteiger partial charge in [0.25, 0.3) is 15.9 Å². The number of carbonyl (C=O) groups is 1. The molecule has 0 radical (unpaired) electrons. The first kappa shape index (κ1) is 24.0. The Bertz CT molecular complexity index is 1240. The molecule has 0 spiro atoms. The van der Waals surface area contributed by atoms with Crippen LogP contribution in [0.1, 0.15) is 20.3 Å². The molecule has 2 aliphatic heterocycles. The Morgan fingerprint density at radius 3 is 2.58 bits per heavy atom. The number of thioether (sulfide) groups is 2. The van der Waals surface area contributed by atoms with Gasteiger partial charge in [-0.25, -0.2) is 4.98 Å². The van der Waals surface area contributed by atoms with E-state index in [2.05, 4.69) is 9.38 Å². The largest absolute Gasteiger partial charge is 0.385 e. The van der Waals surface area contributed by atoms with Crippen molar-refractivity contribution in [3.8, 4) is 0 Å². The minimum atomic E-state index is -3.98. The van der Waals surface area contributed by atoms with Crippen molar-refractivity contribution in [2.75, 3.05) is 25.2 Å². The van der Waals surface area contributed by atoms with Crippen LogP contribution in [0.3, 0.4) is 0 Å². The molecule has 1 saturated heterocycles. The molecule has 1 aromatic heterocycles. The third-order valence-corrected chi connectivity index (χ3v) is 9.47. The van der Waals surface area contributed by atoms with Gasteiger partial charge in [-0.2, -0.15) is 8.42 Å². The molecule has 0 atom stereocenters. The number of carbonyl (C=O) groups excluding carboxylic acids is 1. The highest BCUT2D eigenvalue weighted by molar-refractivity contribution is 8.20. The summed E-state index contributed by atoms with van der Waals surface area (Å²) >= 11 is 4.04. The number of sulfonamides is 1. The van der Waals surface area contributed by atoms with Crippen LogP contribution in [-0.2, 0) is 19.6 Å². The lowest BCUT2D eigenvalue weighted by molar-refractivity contribution is -0.122. The van der Waals surface area contributed by atoms with E-state index in [1.165, 1.54) is 40.1 Å². The van der Waals surface area contributed by atoms with E-state index in [9.17, 15) is 13.2 Å². The molecule has 2 aliphatic rings. The molecule has 1 amide bonds. The van der Waals surface area contributed by atoms with Crippen molar-refractivity contribution in [1.82, 2.24) is 9.88 Å². The van der Waals surface area contributed by atoms with E-state index < -0.39 is 10.0 Å². The maximum atomic E-state index is 13.5. The highest BCUT2D eigenvalue weighted by atomic mass is 32.2. The van der Waals surface area contributed by atoms with E-state index in [-0.39, 0.29) is 16.0 Å². The number of benzene rings is 1. The van der Waals surface area contributed by atoms with Crippen LogP contribution in [0.15, 0.2) is 71.7 Å². The van der Waals surface area contributed by atoms with Crippen LogP contribution in [-0.4, -0.2) is 49.6 Å². The Kier molecular flexibility index (Phi) is 7.29. The number of hydrogen-bond acceptors (Lipinski definition) is 9. The van der Waals surface area contributed by atoms with E-state index in [4.69, 9.17) is 4.74 Å². The molecule has 3 heterocycles. The number of nitrogens with zero attached hydrogens (tertiary/aromatic N) is 4. The molecule has 0 N–H and O–H groups in total. The summed E-state index contributed by atoms with van der Waals surface area (Å²) in [5.41, 5.74) is 0.985. The lowest BCUT2D eigenvalue weighted by Gasteiger charge is -2.19. The first-order valence-corrected chi connectivity index (χ1v) is 14.0. The molecule has 1 aromatic carbocycles. The van der Waals surface area contributed by atoms with Crippen molar-refractivity contribution in [2.45, 2.75) is 25.2 Å². The van der Waals surface area contributed by atoms with Crippen molar-refractivity contribution in [2.24, 2.45) is 4.40 Å². The minimum absolute atomic E-state index is 0.0801. The number of allylic oxidation sites excluding steroid dienone is 2. The monoisotopic (exact) mass is 522 g/mol. The van der Waals surface area contributed by atoms with Crippen LogP contribution in [0.4, 0.5) is 5.13 Å². The SMILES string of the molecule is COCCCN1C(=O)/C(=C2\SC(C)=C(C)N2c2nccs2)S/C1=N/S(=O)(=O)c1ccccc1. The molecule has 1 fully saturated rings. The maximum absolute atomic E-state index is 13.5. The normalized spacial score (nSPS) is 20.6. The van der Waals surface area contributed by atoms with Gasteiger partial charge < -0.3 is 4.74 Å². The molecule has 4 rings (SSSR count). The highest BCUT2D eigenvalue weighted by Crippen LogP contribution is 2.49. The first-order chi connectivity index (χ1) is 15.8. The zero-order valence-electron chi connectivity index (χ0n) is 18.2. The number of aromatic nitrogens is 1. The second-order valence-corrected chi connectivity index (χ2v) is 11.8. The van der Waals surface area contributed by atoms with E-state index >= 15 is 0 Å². The molecule has 0 saturated carbocycles. The number of amidine groups is 1. The first-order valence-electron chi connectivity index (χ1n) is 10.0. The quantitative estimate of drug-likeness (QED) is 0.388. The van der Waals surface area contributed by atoms with Gasteiger partial charge in [0.2, 0.25) is 0 Å². The molecule has 8 nitrogen and oxygen atoms in total. The number of methoxy groups -OCH3 is 1. The third-order valence-electron chi connectivity index (χ3n) is 4.94. The van der Waals surface area contributed by atoms with Gasteiger partial charge in [0.15, 0.2) is 10.3 Å². The topological polar surface area (TPSA) is 92.2 Å². The molecular formula is C21H22N4O4S4. The lowest BCUT2D eigenvalue weighted by Crippen LogP contribution is -2.32. The molecule has 174 valence electrons. The molecule has 0 bridgehead atoms. The van der Waals surface area contributed by atoms with Crippen LogP contribution in [0.2, 0.25) is 0 Å². The van der Waals surface area contributed by atoms with Crippen LogP contribution in [0.25, 0.3) is 0 Å². The zero-order valence-corrected chi connectivity index (χ0v) is 21.5. The van der Waals surface area contributed by atoms with Crippen molar-refractivity contribution in [1.29, 1.82) is 0 Å². The molecule has 12 heteroatoms. The van der Waals surface area contributed by atoms with Gasteiger partial charge in [-0.05, 0) is 44.2 Å². The number of anilines is 1. The molecule has 0 aliphatic carbocycles. The Balaban J connectivity index is 1.77. The molecular weight excluding hydrogens is 501 g/mol. The van der Waals surface area contributed by atoms with Crippen molar-refractivity contribution >= 4 is 61.1 Å². The standard InChI is InChI=1S/C21H22N4O4S4/c1-14-15(2)31-19(25(14)20-22-10-13-30-20)17-18(26)24(11-7-12-29-3)21(32-17)23-33(27,28)16-8-5-4-6-9-16/h4-6,8-10,13H,7,11-12H2,1-3H3/b19-17+,23-21+. The van der Waals surface area contributed by atoms with E-state index in [1.54, 1.807) is 31.5 Å². The summed E-state index contributed by atoms with van der Waals surface area (Å²) < 4.78 is 35.1. The predicted octanol–water partition coefficient (Wildman–Crippen LogP) is 4.47. The van der Waals surface area contributed by atoms with Crippen molar-refractivity contribution in [3.05, 3.63) is 62.4 Å². The van der Waals surface area contributed by atoms with Gasteiger partial charge in [0.05, 0.1) is 4.90 Å². The zero-order chi connectivity index (χ0) is 23.6. The number of rotatable bonds is 7. The minimum Gasteiger partial charge on any atom is -0.385 e. The van der Waals surface area contributed by atoms with Crippen molar-refractivity contribution < 1.29 is 17.9 Å². The summed E-state index contributed by atoms with van der Waals surface area (Å²) in [6.07, 6.45) is 2.27. The summed E-state index contributed by atoms with van der Waals surface area (Å²) in [6, 6.07) is 8.00. The Hall–Kier alpha value is -2.12. The van der Waals surface area contributed by atoms with E-state index in [0.717, 1.165) is 27.5 Å². The van der Waals surface area contributed by atoms with Gasteiger partial charge in [-0.1, -0.05) is 30.0 Å². The Labute approximate surface area is 205 Å². The molecule has 0 unspecified atom stereocenters. The van der Waals surface area contributed by atoms with Gasteiger partial charge in [-0.3, -0.25) is 14.6 Å². The van der Waals surface area contributed by atoms with E-state index in [0.29, 0.717) is 29.5 Å². The van der Waals surface area contributed by atoms with Crippen LogP contribution < -0.4 is 4.90 Å². The second-order valence-electron chi connectivity index (χ2n) is 7.10. The fourth-order valence-corrected chi connectivity index (χ4v) is 7.42. The van der Waals surface area contributed by atoms with Crippen molar-refractivity contribution in [3.63, 3.8) is 0 Å². The average Bonchev–Trinajstić information content (AvgIpc) is 3.49. The highest BCUT2D eigenvalue weighted by Gasteiger charge is 2.41. The van der Waals surface area contributed by atoms with E-state index in [1.807, 2.05) is 24.1 Å². The number of ether oxygens (including phenoxy) is 1. The lowest BCUT2D eigenvalue weighted by atomic mass is 10.3. The van der Waals surface area contributed by atoms with Crippen LogP contribution in [0.5, 0.6) is 0 Å². The molecule has 2 aromatic rings. The fraction of sp³-hybridized carbons (Fsp3) is 0.286. The smallest absolute Gasteiger partial charge is 0.284 e. The fourth-order valence-electron chi connectivity index (χ4n) is 3.19. The summed E-state index contributed by atoms with van der Waals surface area (Å²) in [6.45, 7) is 4.71. The number of thiazole rings is 1. The maximum Gasteiger partial charge on any atom is 0.284 e. The third kappa shape index (κ3) is 4.90. The number of hydrogen-bond donors (Lipinski definition) is 0. The Morgan fingerprint density at radius 1 is 1.15 bits per heavy atom. The number of amides is 1. The van der Waals surface area contributed by atoms with Gasteiger partial charge in [0, 0.05) is 42.4 Å². The average molecular weight is 523 g/mol. The summed E-state index contributed by atoms with van der Waals surface area (Å²) in [5, 5.41) is 3.49. The molecule has 33 heavy (non-hydrogen) atoms. The predicted molar refractivity (Wildman–Crippen MR) is 134 cm³/mol. The summed E-state index contributed by atoms with van der Waals surface area (Å²) in [5.74, 6) is -0.273. The van der Waals surface area contributed by atoms with Crippen LogP contribution >= 0.6 is 34.9 Å². The van der Waals surface area contributed by atoms with Gasteiger partial charge in [-0.15, -0.1) is 15.7 Å².